The third-order valence-electron chi connectivity index (χ3n) is 1.66. The number of aldehydes is 1. The summed E-state index contributed by atoms with van der Waals surface area (Å²) in [5, 5.41) is 0.621. The van der Waals surface area contributed by atoms with E-state index in [1.165, 1.54) is 11.8 Å². The number of thioether (sulfide) groups is 1. The number of hydrogen-bond donors (Lipinski definition) is 0. The molecule has 0 aliphatic carbocycles. The summed E-state index contributed by atoms with van der Waals surface area (Å²) < 4.78 is 4.92. The topological polar surface area (TPSA) is 26.3 Å². The molecule has 4 heteroatoms. The first-order valence-electron chi connectivity index (χ1n) is 4.15. The fourth-order valence-electron chi connectivity index (χ4n) is 0.998. The molecule has 0 saturated carbocycles. The molecule has 76 valence electrons. The van der Waals surface area contributed by atoms with E-state index in [0.717, 1.165) is 16.9 Å². The van der Waals surface area contributed by atoms with Gasteiger partial charge < -0.3 is 4.74 Å². The Morgan fingerprint density at radius 2 is 2.36 bits per heavy atom. The minimum atomic E-state index is 0.621. The second kappa shape index (κ2) is 6.06. The van der Waals surface area contributed by atoms with Gasteiger partial charge in [-0.1, -0.05) is 23.7 Å². The van der Waals surface area contributed by atoms with E-state index >= 15 is 0 Å². The summed E-state index contributed by atoms with van der Waals surface area (Å²) in [6, 6.07) is 5.31. The van der Waals surface area contributed by atoms with Crippen LogP contribution in [0.2, 0.25) is 5.02 Å². The molecule has 0 N–H and O–H groups in total. The SMILES string of the molecule is COCCSc1c(Cl)cccc1C=O. The first kappa shape index (κ1) is 11.6. The first-order chi connectivity index (χ1) is 6.79. The summed E-state index contributed by atoms with van der Waals surface area (Å²) in [5.74, 6) is 0.793. The molecule has 1 rings (SSSR count). The second-order valence-electron chi connectivity index (χ2n) is 2.62. The summed E-state index contributed by atoms with van der Waals surface area (Å²) in [6.07, 6.45) is 0.820. The molecule has 0 radical (unpaired) electrons. The van der Waals surface area contributed by atoms with E-state index in [-0.39, 0.29) is 0 Å². The number of carbonyl (C=O) groups excluding carboxylic acids is 1. The molecule has 0 unspecified atom stereocenters. The van der Waals surface area contributed by atoms with Crippen LogP contribution in [0.25, 0.3) is 0 Å². The van der Waals surface area contributed by atoms with Crippen molar-refractivity contribution in [1.29, 1.82) is 0 Å². The van der Waals surface area contributed by atoms with Crippen molar-refractivity contribution < 1.29 is 9.53 Å². The molecule has 0 amide bonds. The van der Waals surface area contributed by atoms with Crippen LogP contribution < -0.4 is 0 Å². The summed E-state index contributed by atoms with van der Waals surface area (Å²) in [4.78, 5) is 11.5. The van der Waals surface area contributed by atoms with E-state index < -0.39 is 0 Å². The number of methoxy groups -OCH3 is 1. The maximum absolute atomic E-state index is 10.7. The van der Waals surface area contributed by atoms with Gasteiger partial charge in [0.05, 0.1) is 11.6 Å². The minimum absolute atomic E-state index is 0.621. The number of hydrogen-bond acceptors (Lipinski definition) is 3. The monoisotopic (exact) mass is 230 g/mol. The standard InChI is InChI=1S/C10H11ClO2S/c1-13-5-6-14-10-8(7-12)3-2-4-9(10)11/h2-4,7H,5-6H2,1H3. The summed E-state index contributed by atoms with van der Waals surface area (Å²) >= 11 is 7.50. The third kappa shape index (κ3) is 3.01. The highest BCUT2D eigenvalue weighted by Crippen LogP contribution is 2.29. The summed E-state index contributed by atoms with van der Waals surface area (Å²) in [5.41, 5.74) is 0.638. The van der Waals surface area contributed by atoms with Gasteiger partial charge in [0.25, 0.3) is 0 Å². The normalized spacial score (nSPS) is 10.1. The number of rotatable bonds is 5. The second-order valence-corrected chi connectivity index (χ2v) is 4.13. The average Bonchev–Trinajstić information content (AvgIpc) is 2.20. The van der Waals surface area contributed by atoms with Crippen molar-refractivity contribution in [1.82, 2.24) is 0 Å². The average molecular weight is 231 g/mol. The molecule has 2 nitrogen and oxygen atoms in total. The minimum Gasteiger partial charge on any atom is -0.384 e. The van der Waals surface area contributed by atoms with Crippen molar-refractivity contribution in [2.75, 3.05) is 19.5 Å². The molecular weight excluding hydrogens is 220 g/mol. The Bertz CT molecular complexity index is 315. The van der Waals surface area contributed by atoms with E-state index in [2.05, 4.69) is 0 Å². The zero-order valence-electron chi connectivity index (χ0n) is 7.83. The molecule has 0 aromatic heterocycles. The number of carbonyl (C=O) groups is 1. The van der Waals surface area contributed by atoms with Crippen LogP contribution in [0.15, 0.2) is 23.1 Å². The molecule has 0 atom stereocenters. The third-order valence-corrected chi connectivity index (χ3v) is 3.20. The molecule has 0 aliphatic heterocycles. The molecule has 0 saturated heterocycles. The van der Waals surface area contributed by atoms with Gasteiger partial charge >= 0.3 is 0 Å². The number of benzene rings is 1. The van der Waals surface area contributed by atoms with Crippen LogP contribution in [-0.2, 0) is 4.74 Å². The summed E-state index contributed by atoms with van der Waals surface area (Å²) in [6.45, 7) is 0.647. The van der Waals surface area contributed by atoms with Gasteiger partial charge in [-0.25, -0.2) is 0 Å². The lowest BCUT2D eigenvalue weighted by Gasteiger charge is -2.05. The van der Waals surface area contributed by atoms with Crippen molar-refractivity contribution in [2.24, 2.45) is 0 Å². The van der Waals surface area contributed by atoms with Crippen LogP contribution in [-0.4, -0.2) is 25.8 Å². The lowest BCUT2D eigenvalue weighted by molar-refractivity contribution is 0.112. The molecule has 0 spiro atoms. The van der Waals surface area contributed by atoms with Gasteiger partial charge in [0.15, 0.2) is 6.29 Å². The van der Waals surface area contributed by atoms with E-state index in [1.54, 1.807) is 25.3 Å². The highest BCUT2D eigenvalue weighted by molar-refractivity contribution is 7.99. The van der Waals surface area contributed by atoms with E-state index in [9.17, 15) is 4.79 Å². The summed E-state index contributed by atoms with van der Waals surface area (Å²) in [7, 11) is 1.65. The zero-order chi connectivity index (χ0) is 10.4. The van der Waals surface area contributed by atoms with Crippen LogP contribution >= 0.6 is 23.4 Å². The quantitative estimate of drug-likeness (QED) is 0.442. The Morgan fingerprint density at radius 1 is 1.57 bits per heavy atom. The van der Waals surface area contributed by atoms with E-state index in [4.69, 9.17) is 16.3 Å². The maximum Gasteiger partial charge on any atom is 0.151 e. The largest absolute Gasteiger partial charge is 0.384 e. The van der Waals surface area contributed by atoms with Crippen molar-refractivity contribution in [3.63, 3.8) is 0 Å². The van der Waals surface area contributed by atoms with Crippen molar-refractivity contribution >= 4 is 29.6 Å². The van der Waals surface area contributed by atoms with Crippen LogP contribution in [0.4, 0.5) is 0 Å². The van der Waals surface area contributed by atoms with Crippen LogP contribution in [0.5, 0.6) is 0 Å². The molecular formula is C10H11ClO2S. The Hall–Kier alpha value is -0.510. The highest BCUT2D eigenvalue weighted by atomic mass is 35.5. The van der Waals surface area contributed by atoms with Gasteiger partial charge in [-0.15, -0.1) is 11.8 Å². The van der Waals surface area contributed by atoms with Gasteiger partial charge in [0.2, 0.25) is 0 Å². The van der Waals surface area contributed by atoms with Gasteiger partial charge in [-0.05, 0) is 6.07 Å². The zero-order valence-corrected chi connectivity index (χ0v) is 9.40. The first-order valence-corrected chi connectivity index (χ1v) is 5.51. The fourth-order valence-corrected chi connectivity index (χ4v) is 2.29. The highest BCUT2D eigenvalue weighted by Gasteiger charge is 2.06. The predicted molar refractivity (Wildman–Crippen MR) is 59.4 cm³/mol. The Balaban J connectivity index is 2.77. The van der Waals surface area contributed by atoms with Crippen molar-refractivity contribution in [3.05, 3.63) is 28.8 Å². The Labute approximate surface area is 92.6 Å². The van der Waals surface area contributed by atoms with Gasteiger partial charge in [0.1, 0.15) is 0 Å². The van der Waals surface area contributed by atoms with Crippen molar-refractivity contribution in [2.45, 2.75) is 4.90 Å². The lowest BCUT2D eigenvalue weighted by atomic mass is 10.2. The van der Waals surface area contributed by atoms with Crippen LogP contribution in [0.3, 0.4) is 0 Å². The van der Waals surface area contributed by atoms with Crippen LogP contribution in [0, 0.1) is 0 Å². The number of ether oxygens (including phenoxy) is 1. The molecule has 14 heavy (non-hydrogen) atoms. The molecule has 0 fully saturated rings. The molecule has 1 aromatic rings. The predicted octanol–water partition coefficient (Wildman–Crippen LogP) is 2.89. The smallest absolute Gasteiger partial charge is 0.151 e. The number of halogens is 1. The Kier molecular flexibility index (Phi) is 5.01. The fraction of sp³-hybridized carbons (Fsp3) is 0.300. The maximum atomic E-state index is 10.7. The van der Waals surface area contributed by atoms with Gasteiger partial charge in [-0.3, -0.25) is 4.79 Å². The lowest BCUT2D eigenvalue weighted by Crippen LogP contribution is -1.93. The van der Waals surface area contributed by atoms with Gasteiger partial charge in [0, 0.05) is 23.3 Å². The Morgan fingerprint density at radius 3 is 3.00 bits per heavy atom. The van der Waals surface area contributed by atoms with E-state index in [1.807, 2.05) is 0 Å². The molecule has 0 bridgehead atoms. The van der Waals surface area contributed by atoms with Crippen molar-refractivity contribution in [3.8, 4) is 0 Å². The molecule has 0 heterocycles. The molecule has 1 aromatic carbocycles. The van der Waals surface area contributed by atoms with E-state index in [0.29, 0.717) is 17.2 Å². The van der Waals surface area contributed by atoms with Crippen LogP contribution in [0.1, 0.15) is 10.4 Å². The van der Waals surface area contributed by atoms with Gasteiger partial charge in [-0.2, -0.15) is 0 Å². The molecule has 0 aliphatic rings.